The fourth-order valence-electron chi connectivity index (χ4n) is 2.69. The Morgan fingerprint density at radius 2 is 1.88 bits per heavy atom. The number of imidazole rings is 1. The molecule has 0 aliphatic carbocycles. The van der Waals surface area contributed by atoms with E-state index >= 15 is 0 Å². The van der Waals surface area contributed by atoms with Crippen LogP contribution in [0.2, 0.25) is 0 Å². The molecule has 1 heterocycles. The van der Waals surface area contributed by atoms with Gasteiger partial charge >= 0.3 is 11.7 Å². The number of hydrogen-bond donors (Lipinski definition) is 2. The number of para-hydroxylation sites is 1. The molecule has 0 saturated carbocycles. The van der Waals surface area contributed by atoms with Crippen LogP contribution in [0.5, 0.6) is 0 Å². The lowest BCUT2D eigenvalue weighted by Gasteiger charge is -2.09. The average Bonchev–Trinajstić information content (AvgIpc) is 2.94. The Kier molecular flexibility index (Phi) is 6.56. The van der Waals surface area contributed by atoms with Crippen molar-refractivity contribution in [3.63, 3.8) is 0 Å². The van der Waals surface area contributed by atoms with E-state index in [4.69, 9.17) is 4.74 Å². The summed E-state index contributed by atoms with van der Waals surface area (Å²) in [6, 6.07) is 9.17. The minimum Gasteiger partial charge on any atom is -0.464 e. The summed E-state index contributed by atoms with van der Waals surface area (Å²) in [6.07, 6.45) is 3.05. The Hall–Kier alpha value is -2.83. The van der Waals surface area contributed by atoms with Crippen LogP contribution in [0.4, 0.5) is 0 Å². The Balaban J connectivity index is 2.17. The van der Waals surface area contributed by atoms with E-state index in [1.165, 1.54) is 18.6 Å². The Labute approximate surface area is 146 Å². The van der Waals surface area contributed by atoms with Gasteiger partial charge in [0.25, 0.3) is 0 Å². The van der Waals surface area contributed by atoms with E-state index in [1.807, 2.05) is 30.3 Å². The molecule has 1 aromatic heterocycles. The van der Waals surface area contributed by atoms with Gasteiger partial charge in [-0.3, -0.25) is 14.3 Å². The number of aromatic amines is 1. The molecule has 0 saturated heterocycles. The summed E-state index contributed by atoms with van der Waals surface area (Å²) in [7, 11) is 1.29. The molecular weight excluding hydrogens is 322 g/mol. The quantitative estimate of drug-likeness (QED) is 0.563. The number of unbranched alkanes of at least 4 members (excludes halogenated alkanes) is 2. The maximum atomic E-state index is 12.3. The molecule has 0 fully saturated rings. The molecule has 25 heavy (non-hydrogen) atoms. The third-order valence-electron chi connectivity index (χ3n) is 3.86. The lowest BCUT2D eigenvalue weighted by atomic mass is 10.1. The van der Waals surface area contributed by atoms with Crippen LogP contribution < -0.4 is 11.0 Å². The first-order chi connectivity index (χ1) is 12.0. The van der Waals surface area contributed by atoms with E-state index in [0.29, 0.717) is 24.3 Å². The molecule has 0 aliphatic rings. The van der Waals surface area contributed by atoms with E-state index in [1.54, 1.807) is 0 Å². The zero-order valence-corrected chi connectivity index (χ0v) is 14.5. The van der Waals surface area contributed by atoms with E-state index in [0.717, 1.165) is 19.3 Å². The van der Waals surface area contributed by atoms with Crippen LogP contribution in [0.15, 0.2) is 35.1 Å². The van der Waals surface area contributed by atoms with Gasteiger partial charge in [-0.2, -0.15) is 0 Å². The molecule has 0 atom stereocenters. The number of esters is 1. The van der Waals surface area contributed by atoms with Crippen molar-refractivity contribution in [2.45, 2.75) is 32.6 Å². The smallest absolute Gasteiger partial charge is 0.356 e. The number of amides is 1. The van der Waals surface area contributed by atoms with Crippen molar-refractivity contribution in [2.24, 2.45) is 0 Å². The molecule has 2 aromatic rings. The second-order valence-electron chi connectivity index (χ2n) is 5.71. The highest BCUT2D eigenvalue weighted by molar-refractivity contribution is 5.88. The van der Waals surface area contributed by atoms with Crippen LogP contribution in [0.1, 0.15) is 42.4 Å². The van der Waals surface area contributed by atoms with Crippen LogP contribution in [0, 0.1) is 0 Å². The third-order valence-corrected chi connectivity index (χ3v) is 3.86. The van der Waals surface area contributed by atoms with Gasteiger partial charge in [-0.25, -0.2) is 9.59 Å². The van der Waals surface area contributed by atoms with E-state index in [9.17, 15) is 14.4 Å². The number of benzene rings is 1. The minimum atomic E-state index is -0.556. The van der Waals surface area contributed by atoms with Gasteiger partial charge in [0.2, 0.25) is 5.91 Å². The number of methoxy groups -OCH3 is 1. The second-order valence-corrected chi connectivity index (χ2v) is 5.71. The number of nitrogens with one attached hydrogen (secondary N) is 2. The van der Waals surface area contributed by atoms with Gasteiger partial charge < -0.3 is 10.1 Å². The van der Waals surface area contributed by atoms with Crippen molar-refractivity contribution in [3.8, 4) is 5.69 Å². The SMILES string of the molecule is COC(=O)c1[nH]c(=O)n(-c2ccccc2)c1CCCCCNC(C)=O. The highest BCUT2D eigenvalue weighted by atomic mass is 16.5. The van der Waals surface area contributed by atoms with E-state index in [2.05, 4.69) is 10.3 Å². The Bertz CT molecular complexity index is 777. The predicted octanol–water partition coefficient (Wildman–Crippen LogP) is 1.80. The largest absolute Gasteiger partial charge is 0.464 e. The number of H-pyrrole nitrogens is 1. The second kappa shape index (κ2) is 8.86. The normalized spacial score (nSPS) is 10.5. The molecule has 0 spiro atoms. The molecular formula is C18H23N3O4. The van der Waals surface area contributed by atoms with Crippen LogP contribution >= 0.6 is 0 Å². The van der Waals surface area contributed by atoms with Crippen LogP contribution in [0.3, 0.4) is 0 Å². The molecule has 2 N–H and O–H groups in total. The predicted molar refractivity (Wildman–Crippen MR) is 94.0 cm³/mol. The first kappa shape index (κ1) is 18.5. The van der Waals surface area contributed by atoms with E-state index in [-0.39, 0.29) is 17.3 Å². The van der Waals surface area contributed by atoms with Gasteiger partial charge in [-0.05, 0) is 31.4 Å². The molecule has 7 nitrogen and oxygen atoms in total. The molecule has 0 radical (unpaired) electrons. The molecule has 134 valence electrons. The molecule has 0 bridgehead atoms. The first-order valence-corrected chi connectivity index (χ1v) is 8.26. The molecule has 2 rings (SSSR count). The van der Waals surface area contributed by atoms with Gasteiger partial charge in [-0.15, -0.1) is 0 Å². The highest BCUT2D eigenvalue weighted by Crippen LogP contribution is 2.16. The fraction of sp³-hybridized carbons (Fsp3) is 0.389. The van der Waals surface area contributed by atoms with Crippen LogP contribution in [-0.4, -0.2) is 35.1 Å². The number of aromatic nitrogens is 2. The molecule has 0 aliphatic heterocycles. The zero-order valence-electron chi connectivity index (χ0n) is 14.5. The third kappa shape index (κ3) is 4.82. The number of ether oxygens (including phenoxy) is 1. The molecule has 1 amide bonds. The molecule has 0 unspecified atom stereocenters. The number of nitrogens with zero attached hydrogens (tertiary/aromatic N) is 1. The Morgan fingerprint density at radius 3 is 2.52 bits per heavy atom. The standard InChI is InChI=1S/C18H23N3O4/c1-13(22)19-12-8-4-7-11-15-16(17(23)25-2)20-18(24)21(15)14-9-5-3-6-10-14/h3,5-6,9-10H,4,7-8,11-12H2,1-2H3,(H,19,22)(H,20,24). The van der Waals surface area contributed by atoms with E-state index < -0.39 is 5.97 Å². The monoisotopic (exact) mass is 345 g/mol. The van der Waals surface area contributed by atoms with Gasteiger partial charge in [0.15, 0.2) is 0 Å². The summed E-state index contributed by atoms with van der Waals surface area (Å²) in [4.78, 5) is 37.8. The molecule has 7 heteroatoms. The lowest BCUT2D eigenvalue weighted by molar-refractivity contribution is -0.118. The van der Waals surface area contributed by atoms with Crippen molar-refractivity contribution in [1.29, 1.82) is 0 Å². The lowest BCUT2D eigenvalue weighted by Crippen LogP contribution is -2.20. The number of rotatable bonds is 8. The van der Waals surface area contributed by atoms with Gasteiger partial charge in [-0.1, -0.05) is 24.6 Å². The first-order valence-electron chi connectivity index (χ1n) is 8.26. The van der Waals surface area contributed by atoms with Gasteiger partial charge in [0, 0.05) is 13.5 Å². The average molecular weight is 345 g/mol. The summed E-state index contributed by atoms with van der Waals surface area (Å²) in [5.41, 5.74) is 1.15. The van der Waals surface area contributed by atoms with Crippen molar-refractivity contribution in [1.82, 2.24) is 14.9 Å². The summed E-state index contributed by atoms with van der Waals surface area (Å²) in [5, 5.41) is 2.75. The minimum absolute atomic E-state index is 0.0449. The summed E-state index contributed by atoms with van der Waals surface area (Å²) < 4.78 is 6.30. The number of carbonyl (C=O) groups excluding carboxylic acids is 2. The zero-order chi connectivity index (χ0) is 18.2. The van der Waals surface area contributed by atoms with Crippen molar-refractivity contribution in [2.75, 3.05) is 13.7 Å². The summed E-state index contributed by atoms with van der Waals surface area (Å²) >= 11 is 0. The van der Waals surface area contributed by atoms with Gasteiger partial charge in [0.1, 0.15) is 5.69 Å². The van der Waals surface area contributed by atoms with Crippen LogP contribution in [-0.2, 0) is 16.0 Å². The number of hydrogen-bond acceptors (Lipinski definition) is 4. The number of carbonyl (C=O) groups is 2. The maximum Gasteiger partial charge on any atom is 0.356 e. The summed E-state index contributed by atoms with van der Waals surface area (Å²) in [6.45, 7) is 2.11. The van der Waals surface area contributed by atoms with Crippen LogP contribution in [0.25, 0.3) is 5.69 Å². The topological polar surface area (TPSA) is 93.2 Å². The van der Waals surface area contributed by atoms with Gasteiger partial charge in [0.05, 0.1) is 18.5 Å². The fourth-order valence-corrected chi connectivity index (χ4v) is 2.69. The van der Waals surface area contributed by atoms with Crippen molar-refractivity contribution < 1.29 is 14.3 Å². The Morgan fingerprint density at radius 1 is 1.16 bits per heavy atom. The molecule has 1 aromatic carbocycles. The van der Waals surface area contributed by atoms with Crippen molar-refractivity contribution in [3.05, 3.63) is 52.2 Å². The van der Waals surface area contributed by atoms with Crippen molar-refractivity contribution >= 4 is 11.9 Å². The highest BCUT2D eigenvalue weighted by Gasteiger charge is 2.21. The summed E-state index contributed by atoms with van der Waals surface area (Å²) in [5.74, 6) is -0.600. The maximum absolute atomic E-state index is 12.3.